The number of benzene rings is 1. The predicted octanol–water partition coefficient (Wildman–Crippen LogP) is 2.17. The molecular formula is C22H32N2O6. The van der Waals surface area contributed by atoms with Gasteiger partial charge in [0, 0.05) is 39.1 Å². The molecule has 1 heterocycles. The van der Waals surface area contributed by atoms with Gasteiger partial charge in [-0.25, -0.2) is 4.99 Å². The molecule has 0 radical (unpaired) electrons. The molecule has 1 amide bonds. The third-order valence-corrected chi connectivity index (χ3v) is 4.40. The molecule has 1 aromatic carbocycles. The summed E-state index contributed by atoms with van der Waals surface area (Å²) in [5.74, 6) is 0.439. The molecule has 0 aromatic heterocycles. The molecule has 0 aliphatic carbocycles. The number of hydrogen-bond acceptors (Lipinski definition) is 7. The molecule has 1 aliphatic rings. The van der Waals surface area contributed by atoms with Crippen LogP contribution in [0, 0.1) is 0 Å². The van der Waals surface area contributed by atoms with Crippen molar-refractivity contribution in [3.63, 3.8) is 0 Å². The second-order valence-corrected chi connectivity index (χ2v) is 8.47. The Bertz CT molecular complexity index is 767. The number of esters is 1. The van der Waals surface area contributed by atoms with E-state index in [1.165, 1.54) is 4.90 Å². The minimum Gasteiger partial charge on any atom is -0.494 e. The highest BCUT2D eigenvalue weighted by Gasteiger charge is 2.45. The largest absolute Gasteiger partial charge is 0.494 e. The summed E-state index contributed by atoms with van der Waals surface area (Å²) < 4.78 is 16.7. The van der Waals surface area contributed by atoms with E-state index in [4.69, 9.17) is 19.3 Å². The highest BCUT2D eigenvalue weighted by Crippen LogP contribution is 2.30. The molecule has 2 rings (SSSR count). The lowest BCUT2D eigenvalue weighted by Gasteiger charge is -2.27. The molecular weight excluding hydrogens is 388 g/mol. The van der Waals surface area contributed by atoms with Crippen molar-refractivity contribution in [2.24, 2.45) is 4.99 Å². The van der Waals surface area contributed by atoms with Crippen molar-refractivity contribution in [2.75, 3.05) is 33.9 Å². The highest BCUT2D eigenvalue weighted by molar-refractivity contribution is 6.00. The maximum Gasteiger partial charge on any atom is 0.306 e. The van der Waals surface area contributed by atoms with E-state index in [-0.39, 0.29) is 37.9 Å². The van der Waals surface area contributed by atoms with Gasteiger partial charge < -0.3 is 24.2 Å². The summed E-state index contributed by atoms with van der Waals surface area (Å²) in [6, 6.07) is 7.18. The van der Waals surface area contributed by atoms with Crippen LogP contribution in [-0.4, -0.2) is 72.8 Å². The SMILES string of the molecule is CN(C)C(=O)[C@@]1(CCC(=O)OC(C)(C)C)COC(c2ccc(OCCCO)cc2)=N1. The lowest BCUT2D eigenvalue weighted by Crippen LogP contribution is -2.46. The Kier molecular flexibility index (Phi) is 7.83. The number of rotatable bonds is 9. The zero-order valence-corrected chi connectivity index (χ0v) is 18.4. The maximum absolute atomic E-state index is 12.9. The van der Waals surface area contributed by atoms with E-state index in [0.717, 1.165) is 5.56 Å². The molecule has 30 heavy (non-hydrogen) atoms. The van der Waals surface area contributed by atoms with Gasteiger partial charge in [0.05, 0.1) is 6.61 Å². The molecule has 0 fully saturated rings. The molecule has 8 heteroatoms. The number of aliphatic hydroxyl groups is 1. The van der Waals surface area contributed by atoms with Gasteiger partial charge >= 0.3 is 5.97 Å². The first kappa shape index (κ1) is 23.7. The Balaban J connectivity index is 2.16. The van der Waals surface area contributed by atoms with Crippen LogP contribution in [0.3, 0.4) is 0 Å². The number of amides is 1. The summed E-state index contributed by atoms with van der Waals surface area (Å²) in [5.41, 5.74) is -1.03. The number of nitrogens with zero attached hydrogens (tertiary/aromatic N) is 2. The summed E-state index contributed by atoms with van der Waals surface area (Å²) in [5, 5.41) is 8.83. The zero-order valence-electron chi connectivity index (χ0n) is 18.4. The molecule has 0 saturated carbocycles. The molecule has 166 valence electrons. The quantitative estimate of drug-likeness (QED) is 0.486. The third-order valence-electron chi connectivity index (χ3n) is 4.40. The van der Waals surface area contributed by atoms with E-state index < -0.39 is 11.1 Å². The average Bonchev–Trinajstić information content (AvgIpc) is 3.11. The lowest BCUT2D eigenvalue weighted by molar-refractivity contribution is -0.155. The van der Waals surface area contributed by atoms with Crippen LogP contribution in [0.25, 0.3) is 0 Å². The van der Waals surface area contributed by atoms with E-state index in [0.29, 0.717) is 24.7 Å². The molecule has 0 spiro atoms. The van der Waals surface area contributed by atoms with Crippen LogP contribution in [0.15, 0.2) is 29.3 Å². The van der Waals surface area contributed by atoms with E-state index in [2.05, 4.69) is 4.99 Å². The predicted molar refractivity (Wildman–Crippen MR) is 113 cm³/mol. The molecule has 1 N–H and O–H groups in total. The molecule has 1 aliphatic heterocycles. The summed E-state index contributed by atoms with van der Waals surface area (Å²) in [6.07, 6.45) is 0.823. The van der Waals surface area contributed by atoms with Crippen molar-refractivity contribution in [2.45, 2.75) is 51.2 Å². The first-order valence-corrected chi connectivity index (χ1v) is 10.1. The van der Waals surface area contributed by atoms with Gasteiger partial charge in [0.2, 0.25) is 5.90 Å². The average molecular weight is 421 g/mol. The Morgan fingerprint density at radius 2 is 1.90 bits per heavy atom. The van der Waals surface area contributed by atoms with Crippen molar-refractivity contribution in [3.8, 4) is 5.75 Å². The van der Waals surface area contributed by atoms with Gasteiger partial charge in [-0.15, -0.1) is 0 Å². The fourth-order valence-corrected chi connectivity index (χ4v) is 3.01. The Morgan fingerprint density at radius 3 is 2.47 bits per heavy atom. The van der Waals surface area contributed by atoms with Gasteiger partial charge in [-0.2, -0.15) is 0 Å². The number of aliphatic imine (C=N–C) groups is 1. The van der Waals surface area contributed by atoms with Crippen LogP contribution in [0.5, 0.6) is 5.75 Å². The first-order valence-electron chi connectivity index (χ1n) is 10.1. The van der Waals surface area contributed by atoms with Gasteiger partial charge in [0.15, 0.2) is 5.54 Å². The second-order valence-electron chi connectivity index (χ2n) is 8.47. The van der Waals surface area contributed by atoms with Crippen LogP contribution < -0.4 is 4.74 Å². The highest BCUT2D eigenvalue weighted by atomic mass is 16.6. The minimum absolute atomic E-state index is 0.0641. The van der Waals surface area contributed by atoms with Gasteiger partial charge in [0.1, 0.15) is 18.0 Å². The number of hydrogen-bond donors (Lipinski definition) is 1. The molecule has 0 bridgehead atoms. The van der Waals surface area contributed by atoms with Gasteiger partial charge in [-0.3, -0.25) is 9.59 Å². The number of aliphatic hydroxyl groups excluding tert-OH is 1. The first-order chi connectivity index (χ1) is 14.1. The summed E-state index contributed by atoms with van der Waals surface area (Å²) in [6.45, 7) is 5.98. The smallest absolute Gasteiger partial charge is 0.306 e. The van der Waals surface area contributed by atoms with Crippen molar-refractivity contribution in [1.29, 1.82) is 0 Å². The van der Waals surface area contributed by atoms with Crippen LogP contribution in [0.1, 0.15) is 45.6 Å². The van der Waals surface area contributed by atoms with Crippen LogP contribution >= 0.6 is 0 Å². The van der Waals surface area contributed by atoms with Crippen LogP contribution in [-0.2, 0) is 19.1 Å². The Hall–Kier alpha value is -2.61. The van der Waals surface area contributed by atoms with Crippen LogP contribution in [0.4, 0.5) is 0 Å². The van der Waals surface area contributed by atoms with E-state index in [1.54, 1.807) is 59.1 Å². The maximum atomic E-state index is 12.9. The summed E-state index contributed by atoms with van der Waals surface area (Å²) >= 11 is 0. The van der Waals surface area contributed by atoms with Crippen LogP contribution in [0.2, 0.25) is 0 Å². The molecule has 8 nitrogen and oxygen atoms in total. The number of likely N-dealkylation sites (N-methyl/N-ethyl adjacent to an activating group) is 1. The number of carbonyl (C=O) groups is 2. The van der Waals surface area contributed by atoms with Crippen molar-refractivity contribution in [1.82, 2.24) is 4.90 Å². The molecule has 0 unspecified atom stereocenters. The summed E-state index contributed by atoms with van der Waals surface area (Å²) in [4.78, 5) is 31.1. The minimum atomic E-state index is -1.16. The third kappa shape index (κ3) is 6.45. The van der Waals surface area contributed by atoms with Crippen molar-refractivity contribution >= 4 is 17.8 Å². The Labute approximate surface area is 177 Å². The monoisotopic (exact) mass is 420 g/mol. The second kappa shape index (κ2) is 9.93. The zero-order chi connectivity index (χ0) is 22.4. The number of carbonyl (C=O) groups excluding carboxylic acids is 2. The van der Waals surface area contributed by atoms with E-state index >= 15 is 0 Å². The van der Waals surface area contributed by atoms with Crippen molar-refractivity contribution < 1.29 is 28.9 Å². The van der Waals surface area contributed by atoms with Gasteiger partial charge in [-0.05, 0) is 51.5 Å². The topological polar surface area (TPSA) is 97.7 Å². The molecule has 1 aromatic rings. The Morgan fingerprint density at radius 1 is 1.23 bits per heavy atom. The van der Waals surface area contributed by atoms with Gasteiger partial charge in [0.25, 0.3) is 5.91 Å². The fourth-order valence-electron chi connectivity index (χ4n) is 3.01. The lowest BCUT2D eigenvalue weighted by atomic mass is 9.93. The normalized spacial score (nSPS) is 18.4. The molecule has 1 atom stereocenters. The van der Waals surface area contributed by atoms with E-state index in [1.807, 2.05) is 0 Å². The number of ether oxygens (including phenoxy) is 3. The fraction of sp³-hybridized carbons (Fsp3) is 0.591. The van der Waals surface area contributed by atoms with E-state index in [9.17, 15) is 9.59 Å². The van der Waals surface area contributed by atoms with Crippen molar-refractivity contribution in [3.05, 3.63) is 29.8 Å². The molecule has 0 saturated heterocycles. The standard InChI is InChI=1S/C22H32N2O6/c1-21(2,3)30-18(26)11-12-22(20(27)24(4)5)15-29-19(23-22)16-7-9-17(10-8-16)28-14-6-13-25/h7-10,25H,6,11-15H2,1-5H3/t22-/m1/s1. The summed E-state index contributed by atoms with van der Waals surface area (Å²) in [7, 11) is 3.31. The van der Waals surface area contributed by atoms with Gasteiger partial charge in [-0.1, -0.05) is 0 Å².